The van der Waals surface area contributed by atoms with Crippen molar-refractivity contribution in [1.29, 1.82) is 0 Å². The summed E-state index contributed by atoms with van der Waals surface area (Å²) in [5.74, 6) is 0.752. The van der Waals surface area contributed by atoms with Crippen molar-refractivity contribution in [3.63, 3.8) is 0 Å². The fourth-order valence-electron chi connectivity index (χ4n) is 2.52. The Morgan fingerprint density at radius 2 is 2.00 bits per heavy atom. The first-order valence-electron chi connectivity index (χ1n) is 6.29. The van der Waals surface area contributed by atoms with Gasteiger partial charge in [-0.2, -0.15) is 0 Å². The molecule has 1 aliphatic carbocycles. The Morgan fingerprint density at radius 3 is 2.65 bits per heavy atom. The second kappa shape index (κ2) is 5.77. The molecule has 17 heavy (non-hydrogen) atoms. The molecule has 0 amide bonds. The Balaban J connectivity index is 1.56. The Kier molecular flexibility index (Phi) is 4.57. The van der Waals surface area contributed by atoms with E-state index in [4.69, 9.17) is 18.0 Å². The summed E-state index contributed by atoms with van der Waals surface area (Å²) in [5, 5.41) is 0. The number of fused-ring (bicyclic) bond motifs is 1. The summed E-state index contributed by atoms with van der Waals surface area (Å²) in [5.41, 5.74) is 0. The third-order valence-corrected chi connectivity index (χ3v) is 5.27. The molecule has 2 aliphatic rings. The van der Waals surface area contributed by atoms with Crippen molar-refractivity contribution in [3.05, 3.63) is 0 Å². The van der Waals surface area contributed by atoms with Gasteiger partial charge in [0.15, 0.2) is 0 Å². The Morgan fingerprint density at radius 1 is 1.24 bits per heavy atom. The first-order chi connectivity index (χ1) is 8.17. The first kappa shape index (κ1) is 13.4. The molecule has 1 saturated heterocycles. The van der Waals surface area contributed by atoms with Gasteiger partial charge in [-0.05, 0) is 38.0 Å². The van der Waals surface area contributed by atoms with Gasteiger partial charge in [0.1, 0.15) is 0 Å². The summed E-state index contributed by atoms with van der Waals surface area (Å²) in [6.07, 6.45) is 6.85. The van der Waals surface area contributed by atoms with Crippen LogP contribution in [0.5, 0.6) is 0 Å². The molecule has 0 bridgehead atoms. The molecule has 1 aliphatic heterocycles. The number of hydrogen-bond acceptors (Lipinski definition) is 5. The van der Waals surface area contributed by atoms with Gasteiger partial charge in [0.25, 0.3) is 0 Å². The second-order valence-corrected chi connectivity index (χ2v) is 6.97. The van der Waals surface area contributed by atoms with Crippen LogP contribution in [0.25, 0.3) is 0 Å². The van der Waals surface area contributed by atoms with Crippen molar-refractivity contribution in [1.82, 2.24) is 0 Å². The van der Waals surface area contributed by atoms with Gasteiger partial charge in [-0.3, -0.25) is 0 Å². The highest BCUT2D eigenvalue weighted by Gasteiger charge is 2.43. The summed E-state index contributed by atoms with van der Waals surface area (Å²) < 4.78 is 20.4. The fraction of sp³-hybridized carbons (Fsp3) is 1.00. The number of ether oxygens (including phenoxy) is 1. The minimum absolute atomic E-state index is 0.496. The largest absolute Gasteiger partial charge is 0.676 e. The second-order valence-electron chi connectivity index (χ2n) is 4.81. The predicted octanol–water partition coefficient (Wildman–Crippen LogP) is 1.07. The first-order valence-corrected chi connectivity index (χ1v) is 7.96. The van der Waals surface area contributed by atoms with Gasteiger partial charge in [0.05, 0.1) is 12.2 Å². The van der Waals surface area contributed by atoms with Crippen molar-refractivity contribution >= 4 is 9.05 Å². The third kappa shape index (κ3) is 3.74. The van der Waals surface area contributed by atoms with Crippen LogP contribution in [0.2, 0.25) is 0 Å². The molecule has 5 nitrogen and oxygen atoms in total. The minimum Gasteiger partial charge on any atom is -0.370 e. The maximum Gasteiger partial charge on any atom is 0.676 e. The standard InChI is InChI=1S/C11H22O5Si/c1-13-17(12,14-2)15-7-3-4-9-5-6-10-11(8-9)16-10/h9-12H,3-8H2,1-2H3. The summed E-state index contributed by atoms with van der Waals surface area (Å²) in [7, 11) is -0.506. The van der Waals surface area contributed by atoms with Gasteiger partial charge >= 0.3 is 9.05 Å². The lowest BCUT2D eigenvalue weighted by Crippen LogP contribution is -2.44. The molecule has 0 radical (unpaired) electrons. The normalized spacial score (nSPS) is 32.3. The Hall–Kier alpha value is 0.0169. The van der Waals surface area contributed by atoms with E-state index < -0.39 is 9.05 Å². The Labute approximate surface area is 103 Å². The molecule has 2 fully saturated rings. The minimum atomic E-state index is -3.31. The molecule has 0 spiro atoms. The zero-order valence-electron chi connectivity index (χ0n) is 10.6. The molecule has 1 saturated carbocycles. The smallest absolute Gasteiger partial charge is 0.370 e. The van der Waals surface area contributed by atoms with Crippen LogP contribution in [0.4, 0.5) is 0 Å². The van der Waals surface area contributed by atoms with E-state index in [-0.39, 0.29) is 0 Å². The monoisotopic (exact) mass is 262 g/mol. The van der Waals surface area contributed by atoms with E-state index in [1.54, 1.807) is 0 Å². The lowest BCUT2D eigenvalue weighted by atomic mass is 9.86. The van der Waals surface area contributed by atoms with Crippen LogP contribution in [0, 0.1) is 5.92 Å². The van der Waals surface area contributed by atoms with Crippen molar-refractivity contribution in [3.8, 4) is 0 Å². The molecule has 100 valence electrons. The molecule has 1 N–H and O–H groups in total. The third-order valence-electron chi connectivity index (χ3n) is 3.67. The van der Waals surface area contributed by atoms with E-state index >= 15 is 0 Å². The highest BCUT2D eigenvalue weighted by Crippen LogP contribution is 2.40. The molecule has 0 aromatic heterocycles. The van der Waals surface area contributed by atoms with Crippen LogP contribution in [0.1, 0.15) is 32.1 Å². The van der Waals surface area contributed by atoms with Crippen molar-refractivity contribution in [2.45, 2.75) is 44.3 Å². The maximum absolute atomic E-state index is 9.67. The average molecular weight is 262 g/mol. The molecule has 6 heteroatoms. The van der Waals surface area contributed by atoms with Gasteiger partial charge in [-0.1, -0.05) is 0 Å². The van der Waals surface area contributed by atoms with Crippen LogP contribution in [-0.2, 0) is 18.0 Å². The summed E-state index contributed by atoms with van der Waals surface area (Å²) in [6, 6.07) is 0. The zero-order valence-corrected chi connectivity index (χ0v) is 11.6. The number of hydrogen-bond donors (Lipinski definition) is 1. The van der Waals surface area contributed by atoms with Gasteiger partial charge in [-0.25, -0.2) is 0 Å². The highest BCUT2D eigenvalue weighted by atomic mass is 28.4. The Bertz CT molecular complexity index is 246. The lowest BCUT2D eigenvalue weighted by Gasteiger charge is -2.21. The van der Waals surface area contributed by atoms with Crippen LogP contribution >= 0.6 is 0 Å². The zero-order chi connectivity index (χ0) is 12.3. The van der Waals surface area contributed by atoms with Gasteiger partial charge in [-0.15, -0.1) is 0 Å². The fourth-order valence-corrected chi connectivity index (χ4v) is 3.33. The number of rotatable bonds is 7. The molecule has 1 heterocycles. The molecule has 2 rings (SSSR count). The lowest BCUT2D eigenvalue weighted by molar-refractivity contribution is 0.0213. The molecule has 0 aromatic rings. The topological polar surface area (TPSA) is 60.5 Å². The van der Waals surface area contributed by atoms with E-state index in [0.29, 0.717) is 18.8 Å². The average Bonchev–Trinajstić information content (AvgIpc) is 3.12. The molecule has 3 unspecified atom stereocenters. The van der Waals surface area contributed by atoms with Crippen LogP contribution in [-0.4, -0.2) is 46.9 Å². The molecular weight excluding hydrogens is 240 g/mol. The summed E-state index contributed by atoms with van der Waals surface area (Å²) >= 11 is 0. The molecule has 0 aromatic carbocycles. The molecule has 3 atom stereocenters. The summed E-state index contributed by atoms with van der Waals surface area (Å²) in [6.45, 7) is 0.496. The van der Waals surface area contributed by atoms with Gasteiger partial charge in [0, 0.05) is 20.8 Å². The van der Waals surface area contributed by atoms with E-state index in [0.717, 1.165) is 18.8 Å². The van der Waals surface area contributed by atoms with Crippen LogP contribution in [0.15, 0.2) is 0 Å². The summed E-state index contributed by atoms with van der Waals surface area (Å²) in [4.78, 5) is 9.67. The van der Waals surface area contributed by atoms with Crippen molar-refractivity contribution in [2.24, 2.45) is 5.92 Å². The van der Waals surface area contributed by atoms with Gasteiger partial charge in [0.2, 0.25) is 0 Å². The SMILES string of the molecule is CO[Si](O)(OC)OCCCC1CCC2OC2C1. The molecular formula is C11H22O5Si. The quantitative estimate of drug-likeness (QED) is 0.422. The number of epoxide rings is 1. The highest BCUT2D eigenvalue weighted by molar-refractivity contribution is 6.51. The van der Waals surface area contributed by atoms with Crippen LogP contribution in [0.3, 0.4) is 0 Å². The maximum atomic E-state index is 9.67. The van der Waals surface area contributed by atoms with E-state index in [1.807, 2.05) is 0 Å². The van der Waals surface area contributed by atoms with E-state index in [9.17, 15) is 4.80 Å². The van der Waals surface area contributed by atoms with Crippen molar-refractivity contribution < 1.29 is 22.8 Å². The van der Waals surface area contributed by atoms with Crippen LogP contribution < -0.4 is 0 Å². The van der Waals surface area contributed by atoms with E-state index in [1.165, 1.54) is 33.5 Å². The predicted molar refractivity (Wildman–Crippen MR) is 63.2 cm³/mol. The van der Waals surface area contributed by atoms with E-state index in [2.05, 4.69) is 0 Å². The van der Waals surface area contributed by atoms with Gasteiger partial charge < -0.3 is 22.8 Å². The van der Waals surface area contributed by atoms with Crippen molar-refractivity contribution in [2.75, 3.05) is 20.8 Å².